The molecular weight excluding hydrogens is 274 g/mol. The van der Waals surface area contributed by atoms with E-state index in [2.05, 4.69) is 9.56 Å². The summed E-state index contributed by atoms with van der Waals surface area (Å²) in [5, 5.41) is 0. The van der Waals surface area contributed by atoms with Gasteiger partial charge < -0.3 is 9.79 Å². The molecule has 17 heavy (non-hydrogen) atoms. The first-order valence-electron chi connectivity index (χ1n) is 4.07. The Morgan fingerprint density at radius 3 is 2.06 bits per heavy atom. The molecule has 0 saturated carbocycles. The standard InChI is InChI=1S/C7H9O5P.HO3P/c8-13(9,10)12-11-6-7-4-2-1-3-5-7;1-4(2)3/h1-5H,6H2,(H2,8,9,10);(H-,1,2,3)/p+1. The van der Waals surface area contributed by atoms with Crippen LogP contribution >= 0.6 is 16.1 Å². The molecule has 1 rings (SSSR count). The monoisotopic (exact) mass is 285 g/mol. The second-order valence-electron chi connectivity index (χ2n) is 2.57. The second kappa shape index (κ2) is 8.41. The molecule has 0 radical (unpaired) electrons. The van der Waals surface area contributed by atoms with Crippen molar-refractivity contribution in [3.05, 3.63) is 35.9 Å². The van der Waals surface area contributed by atoms with Gasteiger partial charge in [-0.25, -0.2) is 9.45 Å². The highest BCUT2D eigenvalue weighted by molar-refractivity contribution is 7.46. The molecule has 4 N–H and O–H groups in total. The largest absolute Gasteiger partial charge is 0.692 e. The lowest BCUT2D eigenvalue weighted by molar-refractivity contribution is -0.232. The first-order chi connectivity index (χ1) is 7.81. The number of rotatable bonds is 4. The van der Waals surface area contributed by atoms with Gasteiger partial charge in [0.15, 0.2) is 0 Å². The Balaban J connectivity index is 0.000000557. The fourth-order valence-corrected chi connectivity index (χ4v) is 0.927. The summed E-state index contributed by atoms with van der Waals surface area (Å²) >= 11 is 0. The molecule has 0 heterocycles. The predicted molar refractivity (Wildman–Crippen MR) is 56.4 cm³/mol. The molecule has 0 fully saturated rings. The first kappa shape index (κ1) is 16.3. The maximum Gasteiger partial charge on any atom is 0.692 e. The average molecular weight is 285 g/mol. The summed E-state index contributed by atoms with van der Waals surface area (Å²) in [5.74, 6) is 0. The lowest BCUT2D eigenvalue weighted by Crippen LogP contribution is -1.93. The van der Waals surface area contributed by atoms with Crippen LogP contribution in [0.3, 0.4) is 0 Å². The Morgan fingerprint density at radius 1 is 1.18 bits per heavy atom. The van der Waals surface area contributed by atoms with Crippen molar-refractivity contribution in [3.63, 3.8) is 0 Å². The summed E-state index contributed by atoms with van der Waals surface area (Å²) in [6, 6.07) is 8.91. The topological polar surface area (TPSA) is 134 Å². The number of hydrogen-bond acceptors (Lipinski definition) is 4. The summed E-state index contributed by atoms with van der Waals surface area (Å²) in [4.78, 5) is 35.1. The Hall–Kier alpha value is -0.690. The molecule has 0 atom stereocenters. The third-order valence-electron chi connectivity index (χ3n) is 1.22. The second-order valence-corrected chi connectivity index (χ2v) is 4.20. The summed E-state index contributed by atoms with van der Waals surface area (Å²) < 4.78 is 22.7. The van der Waals surface area contributed by atoms with E-state index in [-0.39, 0.29) is 6.61 Å². The van der Waals surface area contributed by atoms with Gasteiger partial charge in [0.05, 0.1) is 0 Å². The van der Waals surface area contributed by atoms with Gasteiger partial charge in [-0.05, 0) is 5.56 Å². The smallest absolute Gasteiger partial charge is 0.301 e. The maximum absolute atomic E-state index is 10.2. The van der Waals surface area contributed by atoms with Crippen LogP contribution in [-0.2, 0) is 25.3 Å². The van der Waals surface area contributed by atoms with Crippen molar-refractivity contribution < 1.29 is 38.3 Å². The van der Waals surface area contributed by atoms with Crippen LogP contribution in [0.2, 0.25) is 0 Å². The molecule has 0 spiro atoms. The average Bonchev–Trinajstić information content (AvgIpc) is 2.16. The van der Waals surface area contributed by atoms with Gasteiger partial charge in [0.2, 0.25) is 0 Å². The van der Waals surface area contributed by atoms with Gasteiger partial charge in [-0.3, -0.25) is 0 Å². The zero-order valence-corrected chi connectivity index (χ0v) is 10.2. The van der Waals surface area contributed by atoms with Crippen molar-refractivity contribution in [2.24, 2.45) is 0 Å². The maximum atomic E-state index is 10.2. The van der Waals surface area contributed by atoms with E-state index < -0.39 is 16.1 Å². The van der Waals surface area contributed by atoms with Crippen LogP contribution in [0.25, 0.3) is 0 Å². The van der Waals surface area contributed by atoms with Gasteiger partial charge in [0.1, 0.15) is 6.61 Å². The number of phosphoric acid groups is 1. The van der Waals surface area contributed by atoms with Gasteiger partial charge in [0.25, 0.3) is 0 Å². The van der Waals surface area contributed by atoms with Crippen LogP contribution in [0.1, 0.15) is 5.56 Å². The van der Waals surface area contributed by atoms with E-state index in [1.807, 2.05) is 6.07 Å². The quantitative estimate of drug-likeness (QED) is 0.363. The van der Waals surface area contributed by atoms with Gasteiger partial charge in [-0.15, -0.1) is 14.5 Å². The van der Waals surface area contributed by atoms with E-state index in [9.17, 15) is 4.57 Å². The van der Waals surface area contributed by atoms with Crippen LogP contribution < -0.4 is 0 Å². The molecule has 0 amide bonds. The van der Waals surface area contributed by atoms with Gasteiger partial charge in [0, 0.05) is 4.57 Å². The summed E-state index contributed by atoms with van der Waals surface area (Å²) in [7, 11) is -7.40. The molecule has 0 aliphatic rings. The fourth-order valence-electron chi connectivity index (χ4n) is 0.737. The zero-order valence-electron chi connectivity index (χ0n) is 8.41. The van der Waals surface area contributed by atoms with Crippen LogP contribution in [0.4, 0.5) is 0 Å². The van der Waals surface area contributed by atoms with Gasteiger partial charge in [-0.1, -0.05) is 30.3 Å². The molecule has 10 heteroatoms. The van der Waals surface area contributed by atoms with Crippen molar-refractivity contribution in [1.82, 2.24) is 0 Å². The minimum absolute atomic E-state index is 0.00590. The lowest BCUT2D eigenvalue weighted by Gasteiger charge is -2.03. The normalized spacial score (nSPS) is 10.4. The predicted octanol–water partition coefficient (Wildman–Crippen LogP) is 0.856. The summed E-state index contributed by atoms with van der Waals surface area (Å²) in [6.45, 7) is 0.00590. The molecule has 8 nitrogen and oxygen atoms in total. The van der Waals surface area contributed by atoms with E-state index in [0.29, 0.717) is 0 Å². The summed E-state index contributed by atoms with van der Waals surface area (Å²) in [6.07, 6.45) is 0. The van der Waals surface area contributed by atoms with Crippen molar-refractivity contribution in [3.8, 4) is 0 Å². The van der Waals surface area contributed by atoms with Crippen LogP contribution in [-0.4, -0.2) is 19.6 Å². The van der Waals surface area contributed by atoms with E-state index in [1.165, 1.54) is 0 Å². The SMILES string of the molecule is O=P(O)(O)OOCc1ccccc1.O=[P+](O)O. The molecule has 0 aromatic heterocycles. The van der Waals surface area contributed by atoms with Crippen molar-refractivity contribution >= 4 is 16.1 Å². The minimum Gasteiger partial charge on any atom is -0.301 e. The van der Waals surface area contributed by atoms with E-state index >= 15 is 0 Å². The molecular formula is C7H11O8P2+. The lowest BCUT2D eigenvalue weighted by atomic mass is 10.2. The van der Waals surface area contributed by atoms with Gasteiger partial charge >= 0.3 is 16.1 Å². The molecule has 1 aromatic carbocycles. The minimum atomic E-state index is -4.52. The van der Waals surface area contributed by atoms with Gasteiger partial charge in [-0.2, -0.15) is 0 Å². The van der Waals surface area contributed by atoms with E-state index in [0.717, 1.165) is 5.56 Å². The highest BCUT2D eigenvalue weighted by Gasteiger charge is 2.14. The first-order valence-corrected chi connectivity index (χ1v) is 6.76. The third kappa shape index (κ3) is 13.2. The summed E-state index contributed by atoms with van der Waals surface area (Å²) in [5.41, 5.74) is 0.774. The molecule has 0 aliphatic carbocycles. The highest BCUT2D eigenvalue weighted by Crippen LogP contribution is 2.36. The molecule has 0 unspecified atom stereocenters. The van der Waals surface area contributed by atoms with Crippen molar-refractivity contribution in [1.29, 1.82) is 0 Å². The fraction of sp³-hybridized carbons (Fsp3) is 0.143. The number of benzene rings is 1. The molecule has 0 bridgehead atoms. The van der Waals surface area contributed by atoms with Crippen LogP contribution in [0.15, 0.2) is 30.3 Å². The Labute approximate surface area is 97.6 Å². The molecule has 96 valence electrons. The Morgan fingerprint density at radius 2 is 1.65 bits per heavy atom. The van der Waals surface area contributed by atoms with E-state index in [4.69, 9.17) is 24.1 Å². The number of hydrogen-bond donors (Lipinski definition) is 4. The Kier molecular flexibility index (Phi) is 8.07. The molecule has 1 aromatic rings. The highest BCUT2D eigenvalue weighted by atomic mass is 31.2. The zero-order chi connectivity index (χ0) is 13.3. The molecule has 0 saturated heterocycles. The van der Waals surface area contributed by atoms with E-state index in [1.54, 1.807) is 24.3 Å². The van der Waals surface area contributed by atoms with Crippen molar-refractivity contribution in [2.75, 3.05) is 0 Å². The Bertz CT molecular complexity index is 371. The molecule has 0 aliphatic heterocycles. The van der Waals surface area contributed by atoms with Crippen LogP contribution in [0, 0.1) is 0 Å². The third-order valence-corrected chi connectivity index (χ3v) is 1.52. The van der Waals surface area contributed by atoms with Crippen molar-refractivity contribution in [2.45, 2.75) is 6.61 Å². The van der Waals surface area contributed by atoms with Crippen LogP contribution in [0.5, 0.6) is 0 Å².